The van der Waals surface area contributed by atoms with E-state index in [1.54, 1.807) is 6.07 Å². The van der Waals surface area contributed by atoms with Crippen molar-refractivity contribution >= 4 is 35.8 Å². The van der Waals surface area contributed by atoms with Crippen molar-refractivity contribution in [3.8, 4) is 0 Å². The SMILES string of the molecule is C=Nc1ccccc1/C(=N\CC1=C/N(C2CCN(C)CC2)/C=C\C(=C)/C=C\1)Nc1ccc(N)c(C=N)c1. The molecule has 1 fully saturated rings. The fourth-order valence-corrected chi connectivity index (χ4v) is 4.43. The molecule has 7 nitrogen and oxygen atoms in total. The van der Waals surface area contributed by atoms with E-state index in [4.69, 9.17) is 16.1 Å². The minimum absolute atomic E-state index is 0.448. The van der Waals surface area contributed by atoms with Crippen LogP contribution in [-0.4, -0.2) is 61.3 Å². The highest BCUT2D eigenvalue weighted by Gasteiger charge is 2.21. The molecule has 2 aliphatic heterocycles. The van der Waals surface area contributed by atoms with Crippen molar-refractivity contribution in [2.45, 2.75) is 18.9 Å². The molecular formula is C30H35N7. The number of para-hydroxylation sites is 1. The van der Waals surface area contributed by atoms with Gasteiger partial charge in [0.2, 0.25) is 0 Å². The van der Waals surface area contributed by atoms with Gasteiger partial charge in [-0.1, -0.05) is 30.9 Å². The van der Waals surface area contributed by atoms with Crippen molar-refractivity contribution in [2.75, 3.05) is 37.7 Å². The van der Waals surface area contributed by atoms with Crippen LogP contribution in [0.4, 0.5) is 17.1 Å². The molecule has 4 N–H and O–H groups in total. The van der Waals surface area contributed by atoms with E-state index in [1.165, 1.54) is 6.21 Å². The lowest BCUT2D eigenvalue weighted by Crippen LogP contribution is -2.39. The lowest BCUT2D eigenvalue weighted by Gasteiger charge is -2.35. The van der Waals surface area contributed by atoms with Crippen LogP contribution in [0.15, 0.2) is 101 Å². The number of nitrogens with one attached hydrogen (secondary N) is 2. The first kappa shape index (κ1) is 25.9. The summed E-state index contributed by atoms with van der Waals surface area (Å²) in [6.45, 7) is 10.5. The number of allylic oxidation sites excluding steroid dienone is 3. The largest absolute Gasteiger partial charge is 0.398 e. The van der Waals surface area contributed by atoms with E-state index in [0.717, 1.165) is 54.0 Å². The molecule has 0 aliphatic carbocycles. The number of aliphatic imine (C=N–C) groups is 2. The molecule has 0 amide bonds. The highest BCUT2D eigenvalue weighted by Crippen LogP contribution is 2.24. The molecule has 2 aromatic carbocycles. The number of anilines is 2. The molecule has 0 spiro atoms. The molecule has 0 aromatic heterocycles. The number of benzene rings is 2. The maximum absolute atomic E-state index is 7.65. The third-order valence-electron chi connectivity index (χ3n) is 6.65. The van der Waals surface area contributed by atoms with Crippen LogP contribution in [-0.2, 0) is 0 Å². The number of nitrogen functional groups attached to an aromatic ring is 1. The van der Waals surface area contributed by atoms with Crippen LogP contribution in [0.1, 0.15) is 24.0 Å². The van der Waals surface area contributed by atoms with Crippen molar-refractivity contribution in [1.29, 1.82) is 5.41 Å². The van der Waals surface area contributed by atoms with Crippen LogP contribution >= 0.6 is 0 Å². The summed E-state index contributed by atoms with van der Waals surface area (Å²) in [5, 5.41) is 11.1. The molecule has 190 valence electrons. The average Bonchev–Trinajstić information content (AvgIpc) is 2.91. The van der Waals surface area contributed by atoms with Gasteiger partial charge in [0, 0.05) is 47.2 Å². The molecule has 0 bridgehead atoms. The summed E-state index contributed by atoms with van der Waals surface area (Å²) in [7, 11) is 2.18. The van der Waals surface area contributed by atoms with Crippen LogP contribution in [0.2, 0.25) is 0 Å². The van der Waals surface area contributed by atoms with Crippen molar-refractivity contribution in [2.24, 2.45) is 9.98 Å². The third-order valence-corrected chi connectivity index (χ3v) is 6.65. The Balaban J connectivity index is 1.67. The molecule has 4 rings (SSSR count). The number of piperidine rings is 1. The minimum atomic E-state index is 0.448. The zero-order chi connectivity index (χ0) is 26.2. The highest BCUT2D eigenvalue weighted by molar-refractivity contribution is 6.11. The van der Waals surface area contributed by atoms with Crippen LogP contribution in [0.3, 0.4) is 0 Å². The number of rotatable bonds is 7. The second-order valence-electron chi connectivity index (χ2n) is 9.36. The number of hydrogen-bond donors (Lipinski definition) is 3. The fraction of sp³-hybridized carbons (Fsp3) is 0.233. The molecule has 0 saturated carbocycles. The number of hydrogen-bond acceptors (Lipinski definition) is 6. The van der Waals surface area contributed by atoms with E-state index >= 15 is 0 Å². The van der Waals surface area contributed by atoms with E-state index in [-0.39, 0.29) is 0 Å². The summed E-state index contributed by atoms with van der Waals surface area (Å²) in [6.07, 6.45) is 14.0. The Kier molecular flexibility index (Phi) is 8.48. The van der Waals surface area contributed by atoms with E-state index in [9.17, 15) is 0 Å². The number of nitrogens with zero attached hydrogens (tertiary/aromatic N) is 4. The molecule has 0 radical (unpaired) electrons. The van der Waals surface area contributed by atoms with E-state index < -0.39 is 0 Å². The zero-order valence-corrected chi connectivity index (χ0v) is 21.4. The second-order valence-corrected chi connectivity index (χ2v) is 9.36. The lowest BCUT2D eigenvalue weighted by atomic mass is 10.0. The normalized spacial score (nSPS) is 20.4. The first-order valence-electron chi connectivity index (χ1n) is 12.5. The first-order valence-corrected chi connectivity index (χ1v) is 12.5. The zero-order valence-electron chi connectivity index (χ0n) is 21.4. The first-order chi connectivity index (χ1) is 18.0. The van der Waals surface area contributed by atoms with Gasteiger partial charge in [-0.05, 0) is 87.3 Å². The Bertz CT molecular complexity index is 1280. The Morgan fingerprint density at radius 3 is 2.70 bits per heavy atom. The van der Waals surface area contributed by atoms with E-state index in [2.05, 4.69) is 65.0 Å². The predicted octanol–water partition coefficient (Wildman–Crippen LogP) is 5.38. The summed E-state index contributed by atoms with van der Waals surface area (Å²) >= 11 is 0. The van der Waals surface area contributed by atoms with Crippen molar-refractivity contribution < 1.29 is 0 Å². The van der Waals surface area contributed by atoms with Crippen LogP contribution in [0.5, 0.6) is 0 Å². The maximum atomic E-state index is 7.65. The average molecular weight is 494 g/mol. The minimum Gasteiger partial charge on any atom is -0.398 e. The predicted molar refractivity (Wildman–Crippen MR) is 157 cm³/mol. The fourth-order valence-electron chi connectivity index (χ4n) is 4.43. The van der Waals surface area contributed by atoms with Gasteiger partial charge in [-0.25, -0.2) is 0 Å². The quantitative estimate of drug-likeness (QED) is 0.274. The van der Waals surface area contributed by atoms with Gasteiger partial charge in [0.15, 0.2) is 0 Å². The Hall–Kier alpha value is -4.23. The van der Waals surface area contributed by atoms with Gasteiger partial charge in [0.25, 0.3) is 0 Å². The summed E-state index contributed by atoms with van der Waals surface area (Å²) in [6, 6.07) is 13.7. The molecule has 7 heteroatoms. The molecule has 0 atom stereocenters. The van der Waals surface area contributed by atoms with Gasteiger partial charge in [0.05, 0.1) is 12.2 Å². The van der Waals surface area contributed by atoms with Gasteiger partial charge < -0.3 is 26.3 Å². The molecule has 2 heterocycles. The van der Waals surface area contributed by atoms with Gasteiger partial charge in [-0.15, -0.1) is 0 Å². The second kappa shape index (κ2) is 12.1. The summed E-state index contributed by atoms with van der Waals surface area (Å²) in [5.74, 6) is 0.667. The van der Waals surface area contributed by atoms with E-state index in [0.29, 0.717) is 29.7 Å². The van der Waals surface area contributed by atoms with Crippen LogP contribution < -0.4 is 11.1 Å². The monoisotopic (exact) mass is 493 g/mol. The Labute approximate surface area is 219 Å². The van der Waals surface area contributed by atoms with Crippen LogP contribution in [0, 0.1) is 5.41 Å². The van der Waals surface area contributed by atoms with E-state index in [1.807, 2.05) is 42.5 Å². The van der Waals surface area contributed by atoms with Crippen molar-refractivity contribution in [3.05, 3.63) is 102 Å². The highest BCUT2D eigenvalue weighted by atomic mass is 15.2. The smallest absolute Gasteiger partial charge is 0.135 e. The number of nitrogens with two attached hydrogens (primary N) is 1. The molecule has 2 aliphatic rings. The summed E-state index contributed by atoms with van der Waals surface area (Å²) in [5.41, 5.74) is 11.6. The molecular weight excluding hydrogens is 458 g/mol. The topological polar surface area (TPSA) is 93.1 Å². The molecule has 2 aromatic rings. The van der Waals surface area contributed by atoms with Gasteiger partial charge in [-0.2, -0.15) is 0 Å². The molecule has 1 saturated heterocycles. The van der Waals surface area contributed by atoms with Crippen molar-refractivity contribution in [1.82, 2.24) is 9.80 Å². The summed E-state index contributed by atoms with van der Waals surface area (Å²) in [4.78, 5) is 13.9. The third kappa shape index (κ3) is 6.71. The van der Waals surface area contributed by atoms with Gasteiger partial charge in [0.1, 0.15) is 5.84 Å². The van der Waals surface area contributed by atoms with Gasteiger partial charge in [-0.3, -0.25) is 9.98 Å². The maximum Gasteiger partial charge on any atom is 0.135 e. The summed E-state index contributed by atoms with van der Waals surface area (Å²) < 4.78 is 0. The molecule has 37 heavy (non-hydrogen) atoms. The van der Waals surface area contributed by atoms with Crippen LogP contribution in [0.25, 0.3) is 0 Å². The van der Waals surface area contributed by atoms with Crippen molar-refractivity contribution in [3.63, 3.8) is 0 Å². The number of amidine groups is 1. The standard InChI is InChI=1S/C30H35N7/c1-22-8-9-23(21-37(17-12-22)26-13-15-36(3)16-14-26)20-34-30(27-6-4-5-7-29(27)33-2)35-25-10-11-28(32)24(18-25)19-31/h4-12,17-19,21,26,31H,1-2,13-16,20,32H2,3H3,(H,34,35)/b9-8-,17-12-,23-21+,31-19?. The Morgan fingerprint density at radius 2 is 1.95 bits per heavy atom. The number of likely N-dealkylation sites (tertiary alicyclic amines) is 1. The molecule has 0 unspecified atom stereocenters. The van der Waals surface area contributed by atoms with Gasteiger partial charge >= 0.3 is 0 Å². The Morgan fingerprint density at radius 1 is 1.16 bits per heavy atom. The lowest BCUT2D eigenvalue weighted by molar-refractivity contribution is 0.191.